The Morgan fingerprint density at radius 1 is 0.743 bits per heavy atom. The molecule has 0 bridgehead atoms. The topological polar surface area (TPSA) is 61.9 Å². The van der Waals surface area contributed by atoms with Crippen LogP contribution < -0.4 is 15.0 Å². The highest BCUT2D eigenvalue weighted by molar-refractivity contribution is 7.12. The number of carbonyl (C=O) groups excluding carboxylic acids is 2. The summed E-state index contributed by atoms with van der Waals surface area (Å²) in [6.45, 7) is 2.94. The van der Waals surface area contributed by atoms with Gasteiger partial charge in [-0.25, -0.2) is 0 Å². The standard InChI is InChI=1S/C28H25N3O3S/c32-27(21-8-14-25(15-9-21)34-24-5-2-1-3-6-24)29-22-10-12-23(13-11-22)30-16-18-31(19-17-30)28(33)26-7-4-20-35-26/h1-15,20H,16-19H2,(H,29,32). The first-order chi connectivity index (χ1) is 17.2. The van der Waals surface area contributed by atoms with Crippen LogP contribution in [0.5, 0.6) is 11.5 Å². The molecule has 7 heteroatoms. The number of nitrogens with one attached hydrogen (secondary N) is 1. The van der Waals surface area contributed by atoms with Crippen molar-refractivity contribution in [2.75, 3.05) is 36.4 Å². The summed E-state index contributed by atoms with van der Waals surface area (Å²) in [5.74, 6) is 1.36. The molecule has 35 heavy (non-hydrogen) atoms. The molecule has 5 rings (SSSR count). The van der Waals surface area contributed by atoms with Crippen molar-refractivity contribution in [3.05, 3.63) is 107 Å². The second-order valence-electron chi connectivity index (χ2n) is 8.20. The third-order valence-electron chi connectivity index (χ3n) is 5.88. The van der Waals surface area contributed by atoms with Crippen molar-refractivity contribution < 1.29 is 14.3 Å². The molecular formula is C28H25N3O3S. The zero-order valence-electron chi connectivity index (χ0n) is 19.1. The lowest BCUT2D eigenvalue weighted by atomic mass is 10.2. The number of hydrogen-bond donors (Lipinski definition) is 1. The second-order valence-corrected chi connectivity index (χ2v) is 9.14. The highest BCUT2D eigenvalue weighted by Gasteiger charge is 2.22. The number of carbonyl (C=O) groups is 2. The van der Waals surface area contributed by atoms with Crippen LogP contribution in [-0.4, -0.2) is 42.9 Å². The largest absolute Gasteiger partial charge is 0.457 e. The lowest BCUT2D eigenvalue weighted by Gasteiger charge is -2.36. The molecule has 1 fully saturated rings. The summed E-state index contributed by atoms with van der Waals surface area (Å²) in [5.41, 5.74) is 2.37. The van der Waals surface area contributed by atoms with Gasteiger partial charge in [0.2, 0.25) is 0 Å². The Morgan fingerprint density at radius 3 is 2.09 bits per heavy atom. The third-order valence-corrected chi connectivity index (χ3v) is 6.74. The first-order valence-electron chi connectivity index (χ1n) is 11.5. The van der Waals surface area contributed by atoms with Crippen molar-refractivity contribution in [2.45, 2.75) is 0 Å². The fourth-order valence-corrected chi connectivity index (χ4v) is 4.67. The van der Waals surface area contributed by atoms with Gasteiger partial charge in [-0.15, -0.1) is 11.3 Å². The molecule has 1 aliphatic heterocycles. The van der Waals surface area contributed by atoms with Crippen LogP contribution in [0.25, 0.3) is 0 Å². The summed E-state index contributed by atoms with van der Waals surface area (Å²) in [6.07, 6.45) is 0. The average Bonchev–Trinajstić information content (AvgIpc) is 3.45. The minimum absolute atomic E-state index is 0.109. The van der Waals surface area contributed by atoms with Crippen molar-refractivity contribution in [1.29, 1.82) is 0 Å². The predicted octanol–water partition coefficient (Wildman–Crippen LogP) is 5.76. The van der Waals surface area contributed by atoms with Crippen LogP contribution in [0, 0.1) is 0 Å². The third kappa shape index (κ3) is 5.53. The van der Waals surface area contributed by atoms with E-state index in [1.807, 2.05) is 77.0 Å². The molecule has 0 saturated carbocycles. The van der Waals surface area contributed by atoms with Crippen LogP contribution in [0.1, 0.15) is 20.0 Å². The van der Waals surface area contributed by atoms with Crippen molar-refractivity contribution in [1.82, 2.24) is 4.90 Å². The van der Waals surface area contributed by atoms with Gasteiger partial charge in [-0.1, -0.05) is 24.3 Å². The molecule has 2 amide bonds. The lowest BCUT2D eigenvalue weighted by molar-refractivity contribution is 0.0751. The number of nitrogens with zero attached hydrogens (tertiary/aromatic N) is 2. The highest BCUT2D eigenvalue weighted by atomic mass is 32.1. The van der Waals surface area contributed by atoms with E-state index in [9.17, 15) is 9.59 Å². The Hall–Kier alpha value is -4.10. The molecular weight excluding hydrogens is 458 g/mol. The van der Waals surface area contributed by atoms with Gasteiger partial charge in [-0.3, -0.25) is 9.59 Å². The number of rotatable bonds is 6. The van der Waals surface area contributed by atoms with Crippen molar-refractivity contribution in [3.8, 4) is 11.5 Å². The highest BCUT2D eigenvalue weighted by Crippen LogP contribution is 2.23. The van der Waals surface area contributed by atoms with Crippen LogP contribution in [-0.2, 0) is 0 Å². The van der Waals surface area contributed by atoms with E-state index >= 15 is 0 Å². The van der Waals surface area contributed by atoms with Crippen LogP contribution in [0.15, 0.2) is 96.4 Å². The summed E-state index contributed by atoms with van der Waals surface area (Å²) in [6, 6.07) is 28.2. The molecule has 4 aromatic rings. The zero-order chi connectivity index (χ0) is 24.0. The van der Waals surface area contributed by atoms with E-state index in [2.05, 4.69) is 10.2 Å². The van der Waals surface area contributed by atoms with E-state index < -0.39 is 0 Å². The fourth-order valence-electron chi connectivity index (χ4n) is 3.98. The first-order valence-corrected chi connectivity index (χ1v) is 12.4. The van der Waals surface area contributed by atoms with Gasteiger partial charge in [0.15, 0.2) is 0 Å². The molecule has 6 nitrogen and oxygen atoms in total. The second kappa shape index (κ2) is 10.4. The van der Waals surface area contributed by atoms with Crippen molar-refractivity contribution >= 4 is 34.5 Å². The first kappa shape index (κ1) is 22.7. The number of amides is 2. The maximum Gasteiger partial charge on any atom is 0.264 e. The quantitative estimate of drug-likeness (QED) is 0.379. The van der Waals surface area contributed by atoms with Gasteiger partial charge in [0.25, 0.3) is 11.8 Å². The van der Waals surface area contributed by atoms with Gasteiger partial charge in [-0.2, -0.15) is 0 Å². The Bertz CT molecular complexity index is 1270. The summed E-state index contributed by atoms with van der Waals surface area (Å²) in [4.78, 5) is 30.2. The van der Waals surface area contributed by atoms with Crippen LogP contribution in [0.3, 0.4) is 0 Å². The minimum atomic E-state index is -0.176. The number of ether oxygens (including phenoxy) is 1. The predicted molar refractivity (Wildman–Crippen MR) is 140 cm³/mol. The van der Waals surface area contributed by atoms with Gasteiger partial charge in [0.1, 0.15) is 11.5 Å². The molecule has 1 aliphatic rings. The van der Waals surface area contributed by atoms with Crippen molar-refractivity contribution in [3.63, 3.8) is 0 Å². The smallest absolute Gasteiger partial charge is 0.264 e. The molecule has 176 valence electrons. The molecule has 0 unspecified atom stereocenters. The van der Waals surface area contributed by atoms with E-state index in [1.54, 1.807) is 24.3 Å². The van der Waals surface area contributed by atoms with Crippen LogP contribution in [0.2, 0.25) is 0 Å². The average molecular weight is 484 g/mol. The van der Waals surface area contributed by atoms with Gasteiger partial charge in [0.05, 0.1) is 4.88 Å². The van der Waals surface area contributed by atoms with Crippen LogP contribution in [0.4, 0.5) is 11.4 Å². The number of para-hydroxylation sites is 1. The Kier molecular flexibility index (Phi) is 6.77. The summed E-state index contributed by atoms with van der Waals surface area (Å²) in [7, 11) is 0. The molecule has 1 N–H and O–H groups in total. The monoisotopic (exact) mass is 483 g/mol. The van der Waals surface area contributed by atoms with Gasteiger partial charge in [-0.05, 0) is 72.1 Å². The normalized spacial score (nSPS) is 13.4. The molecule has 0 atom stereocenters. The van der Waals surface area contributed by atoms with Gasteiger partial charge >= 0.3 is 0 Å². The fraction of sp³-hybridized carbons (Fsp3) is 0.143. The van der Waals surface area contributed by atoms with Crippen LogP contribution >= 0.6 is 11.3 Å². The SMILES string of the molecule is O=C(Nc1ccc(N2CCN(C(=O)c3cccs3)CC2)cc1)c1ccc(Oc2ccccc2)cc1. The molecule has 0 radical (unpaired) electrons. The number of benzene rings is 3. The Balaban J connectivity index is 1.14. The Morgan fingerprint density at radius 2 is 1.43 bits per heavy atom. The van der Waals surface area contributed by atoms with E-state index in [-0.39, 0.29) is 11.8 Å². The van der Waals surface area contributed by atoms with E-state index in [0.717, 1.165) is 35.1 Å². The number of hydrogen-bond acceptors (Lipinski definition) is 5. The minimum Gasteiger partial charge on any atom is -0.457 e. The zero-order valence-corrected chi connectivity index (χ0v) is 19.9. The summed E-state index contributed by atoms with van der Waals surface area (Å²) in [5, 5.41) is 4.87. The molecule has 3 aromatic carbocycles. The van der Waals surface area contributed by atoms with E-state index in [4.69, 9.17) is 4.74 Å². The molecule has 0 aliphatic carbocycles. The van der Waals surface area contributed by atoms with Crippen molar-refractivity contribution in [2.24, 2.45) is 0 Å². The maximum absolute atomic E-state index is 12.7. The summed E-state index contributed by atoms with van der Waals surface area (Å²) < 4.78 is 5.78. The maximum atomic E-state index is 12.7. The van der Waals surface area contributed by atoms with Gasteiger partial charge < -0.3 is 19.9 Å². The Labute approximate surface area is 208 Å². The molecule has 1 saturated heterocycles. The molecule has 0 spiro atoms. The number of anilines is 2. The number of piperazine rings is 1. The summed E-state index contributed by atoms with van der Waals surface area (Å²) >= 11 is 1.48. The molecule has 1 aromatic heterocycles. The molecule has 2 heterocycles. The van der Waals surface area contributed by atoms with E-state index in [1.165, 1.54) is 11.3 Å². The van der Waals surface area contributed by atoms with E-state index in [0.29, 0.717) is 24.4 Å². The lowest BCUT2D eigenvalue weighted by Crippen LogP contribution is -2.48. The van der Waals surface area contributed by atoms with Gasteiger partial charge in [0, 0.05) is 43.1 Å². The number of thiophene rings is 1.